The molecule has 26 heavy (non-hydrogen) atoms. The van der Waals surface area contributed by atoms with Crippen LogP contribution in [0.5, 0.6) is 0 Å². The fourth-order valence-corrected chi connectivity index (χ4v) is 4.84. The highest BCUT2D eigenvalue weighted by Crippen LogP contribution is 2.37. The number of carbonyl (C=O) groups is 1. The standard InChI is InChI=1S/C17H25F3N4OS/c1-11-14(26-16(23-11)12-4-2-3-5-12)15(25)22-10-13(17(18,19)20)24-8-6-21-7-9-24/h12-13,21H,2-10H2,1H3,(H,22,25). The molecule has 1 aromatic rings. The number of aromatic nitrogens is 1. The van der Waals surface area contributed by atoms with Crippen molar-refractivity contribution in [1.82, 2.24) is 20.5 Å². The molecule has 1 atom stereocenters. The Morgan fingerprint density at radius 3 is 2.62 bits per heavy atom. The maximum absolute atomic E-state index is 13.4. The van der Waals surface area contributed by atoms with Gasteiger partial charge in [-0.25, -0.2) is 4.98 Å². The summed E-state index contributed by atoms with van der Waals surface area (Å²) in [6.45, 7) is 3.02. The molecule has 5 nitrogen and oxygen atoms in total. The number of hydrogen-bond donors (Lipinski definition) is 2. The molecule has 0 spiro atoms. The van der Waals surface area contributed by atoms with Gasteiger partial charge in [0.25, 0.3) is 5.91 Å². The zero-order chi connectivity index (χ0) is 18.7. The van der Waals surface area contributed by atoms with Crippen LogP contribution < -0.4 is 10.6 Å². The van der Waals surface area contributed by atoms with Gasteiger partial charge in [0.2, 0.25) is 0 Å². The highest BCUT2D eigenvalue weighted by atomic mass is 32.1. The molecule has 1 aromatic heterocycles. The van der Waals surface area contributed by atoms with E-state index in [9.17, 15) is 18.0 Å². The molecular formula is C17H25F3N4OS. The molecule has 1 aliphatic heterocycles. The molecule has 0 radical (unpaired) electrons. The Labute approximate surface area is 155 Å². The van der Waals surface area contributed by atoms with Gasteiger partial charge in [-0.15, -0.1) is 11.3 Å². The molecule has 1 unspecified atom stereocenters. The average Bonchev–Trinajstić information content (AvgIpc) is 3.24. The summed E-state index contributed by atoms with van der Waals surface area (Å²) in [6, 6.07) is -1.66. The molecular weight excluding hydrogens is 365 g/mol. The van der Waals surface area contributed by atoms with Crippen molar-refractivity contribution in [3.05, 3.63) is 15.6 Å². The zero-order valence-electron chi connectivity index (χ0n) is 14.9. The van der Waals surface area contributed by atoms with E-state index in [2.05, 4.69) is 15.6 Å². The number of amides is 1. The summed E-state index contributed by atoms with van der Waals surface area (Å²) in [6.07, 6.45) is 0.119. The van der Waals surface area contributed by atoms with Crippen molar-refractivity contribution in [2.75, 3.05) is 32.7 Å². The van der Waals surface area contributed by atoms with E-state index in [0.717, 1.165) is 17.8 Å². The van der Waals surface area contributed by atoms with Gasteiger partial charge < -0.3 is 10.6 Å². The van der Waals surface area contributed by atoms with Gasteiger partial charge in [-0.3, -0.25) is 9.69 Å². The number of carbonyl (C=O) groups excluding carboxylic acids is 1. The molecule has 1 amide bonds. The van der Waals surface area contributed by atoms with Gasteiger partial charge in [0.05, 0.1) is 10.7 Å². The van der Waals surface area contributed by atoms with Crippen LogP contribution in [0.2, 0.25) is 0 Å². The lowest BCUT2D eigenvalue weighted by Gasteiger charge is -2.35. The number of nitrogens with zero attached hydrogens (tertiary/aromatic N) is 2. The van der Waals surface area contributed by atoms with Crippen LogP contribution in [-0.2, 0) is 0 Å². The number of aryl methyl sites for hydroxylation is 1. The van der Waals surface area contributed by atoms with Crippen LogP contribution >= 0.6 is 11.3 Å². The maximum atomic E-state index is 13.4. The normalized spacial score (nSPS) is 21.1. The number of thiazole rings is 1. The Morgan fingerprint density at radius 1 is 1.35 bits per heavy atom. The van der Waals surface area contributed by atoms with Crippen molar-refractivity contribution in [3.63, 3.8) is 0 Å². The van der Waals surface area contributed by atoms with Crippen molar-refractivity contribution in [3.8, 4) is 0 Å². The smallest absolute Gasteiger partial charge is 0.349 e. The third-order valence-electron chi connectivity index (χ3n) is 5.15. The van der Waals surface area contributed by atoms with Crippen molar-refractivity contribution in [1.29, 1.82) is 0 Å². The van der Waals surface area contributed by atoms with Gasteiger partial charge in [0.1, 0.15) is 10.9 Å². The van der Waals surface area contributed by atoms with E-state index < -0.39 is 24.7 Å². The predicted molar refractivity (Wildman–Crippen MR) is 94.7 cm³/mol. The molecule has 1 saturated carbocycles. The quantitative estimate of drug-likeness (QED) is 0.812. The molecule has 2 aliphatic rings. The highest BCUT2D eigenvalue weighted by molar-refractivity contribution is 7.13. The number of piperazine rings is 1. The fraction of sp³-hybridized carbons (Fsp3) is 0.765. The van der Waals surface area contributed by atoms with E-state index >= 15 is 0 Å². The summed E-state index contributed by atoms with van der Waals surface area (Å²) < 4.78 is 40.3. The van der Waals surface area contributed by atoms with Crippen LogP contribution in [0.3, 0.4) is 0 Å². The summed E-state index contributed by atoms with van der Waals surface area (Å²) in [5.74, 6) is -0.0577. The van der Waals surface area contributed by atoms with Gasteiger partial charge >= 0.3 is 6.18 Å². The van der Waals surface area contributed by atoms with Crippen LogP contribution in [-0.4, -0.2) is 60.7 Å². The molecule has 2 heterocycles. The lowest BCUT2D eigenvalue weighted by molar-refractivity contribution is -0.183. The van der Waals surface area contributed by atoms with Crippen molar-refractivity contribution in [2.24, 2.45) is 0 Å². The first-order valence-corrected chi connectivity index (χ1v) is 9.95. The largest absolute Gasteiger partial charge is 0.405 e. The second-order valence-corrected chi connectivity index (χ2v) is 8.03. The SMILES string of the molecule is Cc1nc(C2CCCC2)sc1C(=O)NCC(N1CCNCC1)C(F)(F)F. The first-order valence-electron chi connectivity index (χ1n) is 9.13. The lowest BCUT2D eigenvalue weighted by atomic mass is 10.1. The second kappa shape index (κ2) is 8.22. The minimum atomic E-state index is -4.37. The van der Waals surface area contributed by atoms with E-state index in [0.29, 0.717) is 42.7 Å². The van der Waals surface area contributed by atoms with Gasteiger partial charge in [-0.05, 0) is 19.8 Å². The minimum absolute atomic E-state index is 0.325. The molecule has 1 aliphatic carbocycles. The van der Waals surface area contributed by atoms with Crippen LogP contribution in [0.15, 0.2) is 0 Å². The predicted octanol–water partition coefficient (Wildman–Crippen LogP) is 2.68. The zero-order valence-corrected chi connectivity index (χ0v) is 15.7. The Bertz CT molecular complexity index is 622. The van der Waals surface area contributed by atoms with E-state index in [-0.39, 0.29) is 0 Å². The number of alkyl halides is 3. The summed E-state index contributed by atoms with van der Waals surface area (Å²) >= 11 is 1.33. The Balaban J connectivity index is 1.64. The number of rotatable bonds is 5. The van der Waals surface area contributed by atoms with Gasteiger partial charge in [0.15, 0.2) is 0 Å². The summed E-state index contributed by atoms with van der Waals surface area (Å²) in [7, 11) is 0. The van der Waals surface area contributed by atoms with Crippen molar-refractivity contribution in [2.45, 2.75) is 50.7 Å². The van der Waals surface area contributed by atoms with Crippen LogP contribution in [0, 0.1) is 6.92 Å². The molecule has 146 valence electrons. The molecule has 3 rings (SSSR count). The van der Waals surface area contributed by atoms with Gasteiger partial charge in [0, 0.05) is 38.6 Å². The number of halogens is 3. The van der Waals surface area contributed by atoms with E-state index in [4.69, 9.17) is 0 Å². The topological polar surface area (TPSA) is 57.3 Å². The number of nitrogens with one attached hydrogen (secondary N) is 2. The van der Waals surface area contributed by atoms with E-state index in [1.54, 1.807) is 6.92 Å². The summed E-state index contributed by atoms with van der Waals surface area (Å²) in [4.78, 5) is 18.8. The van der Waals surface area contributed by atoms with E-state index in [1.807, 2.05) is 0 Å². The third-order valence-corrected chi connectivity index (χ3v) is 6.47. The summed E-state index contributed by atoms with van der Waals surface area (Å²) in [5.41, 5.74) is 0.611. The van der Waals surface area contributed by atoms with Crippen molar-refractivity contribution < 1.29 is 18.0 Å². The van der Waals surface area contributed by atoms with E-state index in [1.165, 1.54) is 29.1 Å². The van der Waals surface area contributed by atoms with Crippen LogP contribution in [0.1, 0.15) is 52.0 Å². The minimum Gasteiger partial charge on any atom is -0.349 e. The fourth-order valence-electron chi connectivity index (χ4n) is 3.69. The molecule has 2 N–H and O–H groups in total. The first kappa shape index (κ1) is 19.6. The third kappa shape index (κ3) is 4.55. The Kier molecular flexibility index (Phi) is 6.19. The van der Waals surface area contributed by atoms with Gasteiger partial charge in [-0.2, -0.15) is 13.2 Å². The molecule has 9 heteroatoms. The highest BCUT2D eigenvalue weighted by Gasteiger charge is 2.44. The van der Waals surface area contributed by atoms with Gasteiger partial charge in [-0.1, -0.05) is 12.8 Å². The Morgan fingerprint density at radius 2 is 2.00 bits per heavy atom. The molecule has 2 fully saturated rings. The lowest BCUT2D eigenvalue weighted by Crippen LogP contribution is -2.57. The molecule has 0 bridgehead atoms. The number of hydrogen-bond acceptors (Lipinski definition) is 5. The maximum Gasteiger partial charge on any atom is 0.405 e. The van der Waals surface area contributed by atoms with Crippen molar-refractivity contribution >= 4 is 17.2 Å². The Hall–Kier alpha value is -1.19. The van der Waals surface area contributed by atoms with Crippen LogP contribution in [0.25, 0.3) is 0 Å². The summed E-state index contributed by atoms with van der Waals surface area (Å²) in [5, 5.41) is 6.49. The van der Waals surface area contributed by atoms with Crippen LogP contribution in [0.4, 0.5) is 13.2 Å². The average molecular weight is 390 g/mol. The molecule has 1 saturated heterocycles. The molecule has 0 aromatic carbocycles. The second-order valence-electron chi connectivity index (χ2n) is 7.00. The first-order chi connectivity index (χ1) is 12.4. The monoisotopic (exact) mass is 390 g/mol.